The maximum Gasteiger partial charge on any atom is 0.138 e. The highest BCUT2D eigenvalue weighted by Gasteiger charge is 2.25. The molecule has 0 saturated heterocycles. The van der Waals surface area contributed by atoms with Crippen molar-refractivity contribution < 1.29 is 0 Å². The lowest BCUT2D eigenvalue weighted by molar-refractivity contribution is 0.949. The third-order valence-corrected chi connectivity index (χ3v) is 10.0. The first-order valence-corrected chi connectivity index (χ1v) is 17.1. The van der Waals surface area contributed by atoms with Crippen LogP contribution in [0.4, 0.5) is 34.1 Å². The summed E-state index contributed by atoms with van der Waals surface area (Å²) in [6.45, 7) is 5.17. The smallest absolute Gasteiger partial charge is 0.138 e. The van der Waals surface area contributed by atoms with Gasteiger partial charge in [0.2, 0.25) is 0 Å². The lowest BCUT2D eigenvalue weighted by Gasteiger charge is -2.27. The molecular weight excluding hydrogens is 611 g/mol. The Labute approximate surface area is 292 Å². The first kappa shape index (κ1) is 29.8. The molecule has 242 valence electrons. The van der Waals surface area contributed by atoms with Crippen molar-refractivity contribution in [2.24, 2.45) is 0 Å². The van der Waals surface area contributed by atoms with Crippen LogP contribution in [0.3, 0.4) is 0 Å². The van der Waals surface area contributed by atoms with Crippen molar-refractivity contribution in [1.82, 2.24) is 9.55 Å². The van der Waals surface area contributed by atoms with Crippen LogP contribution in [0, 0.1) is 13.8 Å². The number of benzene rings is 6. The van der Waals surface area contributed by atoms with Gasteiger partial charge in [-0.2, -0.15) is 0 Å². The number of aryl methyl sites for hydroxylation is 2. The molecule has 0 fully saturated rings. The largest absolute Gasteiger partial charge is 0.355 e. The SMILES string of the molecule is Cc1cccc(C)c1-c1ccnc(-n2c3ccccc3c3ccc(N(c4ccccc4)c4cccc(N5CN(C)c6ccccc65)c4)cc32)c1. The van der Waals surface area contributed by atoms with Crippen LogP contribution in [-0.4, -0.2) is 23.3 Å². The van der Waals surface area contributed by atoms with Gasteiger partial charge in [-0.3, -0.25) is 4.57 Å². The van der Waals surface area contributed by atoms with Gasteiger partial charge in [0.15, 0.2) is 0 Å². The molecule has 0 N–H and O–H groups in total. The predicted molar refractivity (Wildman–Crippen MR) is 210 cm³/mol. The number of fused-ring (bicyclic) bond motifs is 4. The summed E-state index contributed by atoms with van der Waals surface area (Å²) >= 11 is 0. The van der Waals surface area contributed by atoms with Crippen molar-refractivity contribution in [1.29, 1.82) is 0 Å². The molecule has 5 heteroatoms. The van der Waals surface area contributed by atoms with Gasteiger partial charge in [0, 0.05) is 46.8 Å². The Morgan fingerprint density at radius 1 is 0.560 bits per heavy atom. The summed E-state index contributed by atoms with van der Waals surface area (Å²) in [5.41, 5.74) is 14.1. The quantitative estimate of drug-likeness (QED) is 0.179. The second kappa shape index (κ2) is 12.0. The molecule has 3 heterocycles. The highest BCUT2D eigenvalue weighted by atomic mass is 15.4. The highest BCUT2D eigenvalue weighted by Crippen LogP contribution is 2.44. The monoisotopic (exact) mass is 647 g/mol. The zero-order chi connectivity index (χ0) is 33.8. The minimum atomic E-state index is 0.800. The summed E-state index contributed by atoms with van der Waals surface area (Å²) < 4.78 is 2.32. The van der Waals surface area contributed by atoms with E-state index < -0.39 is 0 Å². The van der Waals surface area contributed by atoms with E-state index in [1.54, 1.807) is 0 Å². The molecule has 9 rings (SSSR count). The lowest BCUT2D eigenvalue weighted by atomic mass is 9.96. The Bertz CT molecular complexity index is 2510. The fourth-order valence-corrected chi connectivity index (χ4v) is 7.74. The van der Waals surface area contributed by atoms with Crippen molar-refractivity contribution in [2.45, 2.75) is 13.8 Å². The van der Waals surface area contributed by atoms with Crippen LogP contribution in [0.5, 0.6) is 0 Å². The van der Waals surface area contributed by atoms with Crippen LogP contribution in [0.15, 0.2) is 158 Å². The summed E-state index contributed by atoms with van der Waals surface area (Å²) in [5, 5.41) is 2.40. The summed E-state index contributed by atoms with van der Waals surface area (Å²) in [6, 6.07) is 54.5. The van der Waals surface area contributed by atoms with Crippen molar-refractivity contribution in [3.63, 3.8) is 0 Å². The molecule has 1 aliphatic heterocycles. The molecule has 0 bridgehead atoms. The van der Waals surface area contributed by atoms with Gasteiger partial charge in [0.25, 0.3) is 0 Å². The molecule has 1 aliphatic rings. The molecule has 6 aromatic carbocycles. The van der Waals surface area contributed by atoms with Gasteiger partial charge < -0.3 is 14.7 Å². The molecule has 0 amide bonds. The molecule has 8 aromatic rings. The molecule has 0 radical (unpaired) electrons. The van der Waals surface area contributed by atoms with Gasteiger partial charge in [0.1, 0.15) is 5.82 Å². The van der Waals surface area contributed by atoms with Gasteiger partial charge in [0.05, 0.1) is 29.1 Å². The molecule has 0 atom stereocenters. The number of para-hydroxylation sites is 4. The third kappa shape index (κ3) is 4.89. The minimum absolute atomic E-state index is 0.800. The number of anilines is 6. The van der Waals surface area contributed by atoms with Crippen molar-refractivity contribution in [3.8, 4) is 16.9 Å². The van der Waals surface area contributed by atoms with Gasteiger partial charge in [-0.25, -0.2) is 4.98 Å². The van der Waals surface area contributed by atoms with Gasteiger partial charge in [-0.05, 0) is 109 Å². The normalized spacial score (nSPS) is 12.5. The average Bonchev–Trinajstić information content (AvgIpc) is 3.67. The standard InChI is InChI=1S/C45H37N5/c1-31-13-11-14-32(2)45(31)33-25-26-46-44(27-33)50-40-20-8-7-19-38(40)39-24-23-37(29-43(39)50)49(34-15-5-4-6-16-34)36-18-12-17-35(28-36)48-30-47(3)41-21-9-10-22-42(41)48/h4-29H,30H2,1-3H3. The van der Waals surface area contributed by atoms with Crippen LogP contribution in [0.1, 0.15) is 11.1 Å². The maximum absolute atomic E-state index is 4.98. The van der Waals surface area contributed by atoms with E-state index in [-0.39, 0.29) is 0 Å². The Morgan fingerprint density at radius 2 is 1.24 bits per heavy atom. The molecule has 5 nitrogen and oxygen atoms in total. The number of aromatic nitrogens is 2. The predicted octanol–water partition coefficient (Wildman–Crippen LogP) is 11.5. The zero-order valence-corrected chi connectivity index (χ0v) is 28.5. The van der Waals surface area contributed by atoms with Crippen LogP contribution in [0.2, 0.25) is 0 Å². The van der Waals surface area contributed by atoms with Gasteiger partial charge in [-0.1, -0.05) is 78.9 Å². The second-order valence-corrected chi connectivity index (χ2v) is 13.2. The number of pyridine rings is 1. The lowest BCUT2D eigenvalue weighted by Crippen LogP contribution is -2.24. The van der Waals surface area contributed by atoms with E-state index >= 15 is 0 Å². The van der Waals surface area contributed by atoms with E-state index in [0.717, 1.165) is 46.3 Å². The van der Waals surface area contributed by atoms with Crippen LogP contribution >= 0.6 is 0 Å². The fourth-order valence-electron chi connectivity index (χ4n) is 7.74. The molecule has 50 heavy (non-hydrogen) atoms. The molecular formula is C45H37N5. The Morgan fingerprint density at radius 3 is 2.08 bits per heavy atom. The van der Waals surface area contributed by atoms with E-state index in [1.807, 2.05) is 6.20 Å². The molecule has 0 saturated carbocycles. The first-order chi connectivity index (χ1) is 24.5. The van der Waals surface area contributed by atoms with E-state index in [9.17, 15) is 0 Å². The number of nitrogens with zero attached hydrogens (tertiary/aromatic N) is 5. The Hall–Kier alpha value is -6.33. The summed E-state index contributed by atoms with van der Waals surface area (Å²) in [5.74, 6) is 0.901. The van der Waals surface area contributed by atoms with Crippen molar-refractivity contribution in [3.05, 3.63) is 169 Å². The van der Waals surface area contributed by atoms with E-state index in [1.165, 1.54) is 44.4 Å². The fraction of sp³-hybridized carbons (Fsp3) is 0.0889. The van der Waals surface area contributed by atoms with Crippen LogP contribution in [0.25, 0.3) is 38.8 Å². The summed E-state index contributed by atoms with van der Waals surface area (Å²) in [7, 11) is 2.15. The molecule has 2 aromatic heterocycles. The molecule has 0 unspecified atom stereocenters. The van der Waals surface area contributed by atoms with E-state index in [0.29, 0.717) is 0 Å². The molecule has 0 aliphatic carbocycles. The van der Waals surface area contributed by atoms with E-state index in [4.69, 9.17) is 4.98 Å². The zero-order valence-electron chi connectivity index (χ0n) is 28.5. The van der Waals surface area contributed by atoms with Crippen LogP contribution in [-0.2, 0) is 0 Å². The van der Waals surface area contributed by atoms with Gasteiger partial charge in [-0.15, -0.1) is 0 Å². The Balaban J connectivity index is 1.22. The molecule has 0 spiro atoms. The number of hydrogen-bond acceptors (Lipinski definition) is 4. The van der Waals surface area contributed by atoms with Crippen LogP contribution < -0.4 is 14.7 Å². The van der Waals surface area contributed by atoms with Crippen molar-refractivity contribution in [2.75, 3.05) is 28.4 Å². The third-order valence-electron chi connectivity index (χ3n) is 10.0. The van der Waals surface area contributed by atoms with E-state index in [2.05, 4.69) is 192 Å². The summed E-state index contributed by atoms with van der Waals surface area (Å²) in [4.78, 5) is 12.0. The second-order valence-electron chi connectivity index (χ2n) is 13.2. The Kier molecular flexibility index (Phi) is 7.13. The van der Waals surface area contributed by atoms with Crippen molar-refractivity contribution >= 4 is 55.9 Å². The highest BCUT2D eigenvalue weighted by molar-refractivity contribution is 6.10. The van der Waals surface area contributed by atoms with Gasteiger partial charge >= 0.3 is 0 Å². The summed E-state index contributed by atoms with van der Waals surface area (Å²) in [6.07, 6.45) is 1.94. The minimum Gasteiger partial charge on any atom is -0.355 e. The average molecular weight is 648 g/mol. The first-order valence-electron chi connectivity index (χ1n) is 17.1. The topological polar surface area (TPSA) is 27.5 Å². The number of hydrogen-bond donors (Lipinski definition) is 0. The maximum atomic E-state index is 4.98. The number of rotatable bonds is 6.